The fourth-order valence-electron chi connectivity index (χ4n) is 1.80. The van der Waals surface area contributed by atoms with Crippen LogP contribution in [0, 0.1) is 0 Å². The number of nitrogen functional groups attached to an aromatic ring is 1. The van der Waals surface area contributed by atoms with Gasteiger partial charge >= 0.3 is 0 Å². The van der Waals surface area contributed by atoms with Crippen molar-refractivity contribution in [1.29, 1.82) is 0 Å². The summed E-state index contributed by atoms with van der Waals surface area (Å²) in [6, 6.07) is 14.2. The lowest BCUT2D eigenvalue weighted by Gasteiger charge is -2.08. The van der Waals surface area contributed by atoms with Gasteiger partial charge in [-0.1, -0.05) is 30.3 Å². The van der Waals surface area contributed by atoms with Crippen molar-refractivity contribution in [2.45, 2.75) is 6.42 Å². The van der Waals surface area contributed by atoms with E-state index in [4.69, 9.17) is 5.73 Å². The molecule has 2 aromatic carbocycles. The van der Waals surface area contributed by atoms with Crippen LogP contribution in [0.3, 0.4) is 0 Å². The minimum Gasteiger partial charge on any atom is -0.508 e. The molecule has 4 N–H and O–H groups in total. The van der Waals surface area contributed by atoms with E-state index in [1.165, 1.54) is 18.2 Å². The van der Waals surface area contributed by atoms with Gasteiger partial charge in [0, 0.05) is 12.2 Å². The molecule has 0 heterocycles. The van der Waals surface area contributed by atoms with Crippen LogP contribution < -0.4 is 11.1 Å². The fraction of sp³-hybridized carbons (Fsp3) is 0.133. The molecule has 2 aromatic rings. The molecule has 4 nitrogen and oxygen atoms in total. The third kappa shape index (κ3) is 3.48. The zero-order valence-corrected chi connectivity index (χ0v) is 10.5. The number of hydrogen-bond acceptors (Lipinski definition) is 3. The van der Waals surface area contributed by atoms with Crippen LogP contribution in [-0.4, -0.2) is 17.6 Å². The van der Waals surface area contributed by atoms with Crippen LogP contribution >= 0.6 is 0 Å². The summed E-state index contributed by atoms with van der Waals surface area (Å²) in [7, 11) is 0. The van der Waals surface area contributed by atoms with Gasteiger partial charge in [0.2, 0.25) is 0 Å². The topological polar surface area (TPSA) is 75.3 Å². The molecule has 0 radical (unpaired) electrons. The maximum Gasteiger partial charge on any atom is 0.253 e. The number of nitrogens with two attached hydrogens (primary N) is 1. The van der Waals surface area contributed by atoms with Crippen LogP contribution in [0.1, 0.15) is 15.9 Å². The van der Waals surface area contributed by atoms with Crippen LogP contribution in [-0.2, 0) is 6.42 Å². The van der Waals surface area contributed by atoms with Crippen molar-refractivity contribution in [1.82, 2.24) is 5.32 Å². The predicted octanol–water partition coefficient (Wildman–Crippen LogP) is 1.95. The number of aromatic hydroxyl groups is 1. The van der Waals surface area contributed by atoms with Crippen molar-refractivity contribution in [3.05, 3.63) is 59.7 Å². The summed E-state index contributed by atoms with van der Waals surface area (Å²) < 4.78 is 0. The minimum atomic E-state index is -0.274. The van der Waals surface area contributed by atoms with Gasteiger partial charge in [-0.25, -0.2) is 0 Å². The lowest BCUT2D eigenvalue weighted by molar-refractivity contribution is 0.0954. The number of phenols is 1. The lowest BCUT2D eigenvalue weighted by Crippen LogP contribution is -2.26. The summed E-state index contributed by atoms with van der Waals surface area (Å²) in [5.41, 5.74) is 7.52. The first-order valence-electron chi connectivity index (χ1n) is 6.07. The Balaban J connectivity index is 1.93. The van der Waals surface area contributed by atoms with Crippen LogP contribution in [0.2, 0.25) is 0 Å². The largest absolute Gasteiger partial charge is 0.508 e. The van der Waals surface area contributed by atoms with Crippen molar-refractivity contribution in [3.63, 3.8) is 0 Å². The maximum atomic E-state index is 11.9. The third-order valence-electron chi connectivity index (χ3n) is 2.82. The average Bonchev–Trinajstić information content (AvgIpc) is 2.42. The first kappa shape index (κ1) is 13.0. The number of rotatable bonds is 4. The summed E-state index contributed by atoms with van der Waals surface area (Å²) in [5, 5.41) is 12.1. The van der Waals surface area contributed by atoms with E-state index >= 15 is 0 Å². The number of anilines is 1. The predicted molar refractivity (Wildman–Crippen MR) is 75.0 cm³/mol. The van der Waals surface area contributed by atoms with Crippen LogP contribution in [0.4, 0.5) is 5.69 Å². The molecule has 0 saturated carbocycles. The van der Waals surface area contributed by atoms with E-state index in [1.54, 1.807) is 0 Å². The zero-order valence-electron chi connectivity index (χ0n) is 10.5. The molecule has 19 heavy (non-hydrogen) atoms. The first-order valence-corrected chi connectivity index (χ1v) is 6.07. The van der Waals surface area contributed by atoms with Gasteiger partial charge < -0.3 is 16.2 Å². The maximum absolute atomic E-state index is 11.9. The number of carbonyl (C=O) groups is 1. The Morgan fingerprint density at radius 3 is 2.63 bits per heavy atom. The highest BCUT2D eigenvalue weighted by molar-refractivity contribution is 5.99. The highest BCUT2D eigenvalue weighted by Gasteiger charge is 2.09. The first-order chi connectivity index (χ1) is 9.16. The van der Waals surface area contributed by atoms with Crippen molar-refractivity contribution in [3.8, 4) is 5.75 Å². The van der Waals surface area contributed by atoms with E-state index in [0.29, 0.717) is 17.8 Å². The molecule has 0 aliphatic heterocycles. The van der Waals surface area contributed by atoms with Gasteiger partial charge in [-0.05, 0) is 30.2 Å². The van der Waals surface area contributed by atoms with E-state index < -0.39 is 0 Å². The number of hydrogen-bond donors (Lipinski definition) is 3. The molecule has 4 heteroatoms. The van der Waals surface area contributed by atoms with E-state index in [-0.39, 0.29) is 11.7 Å². The lowest BCUT2D eigenvalue weighted by atomic mass is 10.1. The quantitative estimate of drug-likeness (QED) is 0.578. The summed E-state index contributed by atoms with van der Waals surface area (Å²) in [5.74, 6) is -0.244. The highest BCUT2D eigenvalue weighted by atomic mass is 16.3. The van der Waals surface area contributed by atoms with Crippen molar-refractivity contribution >= 4 is 11.6 Å². The number of amides is 1. The molecule has 0 unspecified atom stereocenters. The third-order valence-corrected chi connectivity index (χ3v) is 2.82. The summed E-state index contributed by atoms with van der Waals surface area (Å²) in [6.45, 7) is 0.526. The number of phenolic OH excluding ortho intramolecular Hbond substituents is 1. The van der Waals surface area contributed by atoms with E-state index in [0.717, 1.165) is 12.0 Å². The summed E-state index contributed by atoms with van der Waals surface area (Å²) >= 11 is 0. The second-order valence-corrected chi connectivity index (χ2v) is 4.26. The standard InChI is InChI=1S/C15H16N2O2/c16-14-7-6-12(18)10-13(14)15(19)17-9-8-11-4-2-1-3-5-11/h1-7,10,18H,8-9,16H2,(H,17,19). The summed E-state index contributed by atoms with van der Waals surface area (Å²) in [6.07, 6.45) is 0.755. The van der Waals surface area contributed by atoms with Crippen LogP contribution in [0.15, 0.2) is 48.5 Å². The molecule has 1 amide bonds. The van der Waals surface area contributed by atoms with Gasteiger partial charge in [-0.3, -0.25) is 4.79 Å². The van der Waals surface area contributed by atoms with Crippen LogP contribution in [0.25, 0.3) is 0 Å². The Labute approximate surface area is 111 Å². The SMILES string of the molecule is Nc1ccc(O)cc1C(=O)NCCc1ccccc1. The highest BCUT2D eigenvalue weighted by Crippen LogP contribution is 2.18. The van der Waals surface area contributed by atoms with Crippen molar-refractivity contribution < 1.29 is 9.90 Å². The fourth-order valence-corrected chi connectivity index (χ4v) is 1.80. The van der Waals surface area contributed by atoms with E-state index in [9.17, 15) is 9.90 Å². The van der Waals surface area contributed by atoms with Gasteiger partial charge in [0.1, 0.15) is 5.75 Å². The molecule has 0 bridgehead atoms. The molecule has 0 aliphatic carbocycles. The molecule has 98 valence electrons. The van der Waals surface area contributed by atoms with Gasteiger partial charge in [-0.2, -0.15) is 0 Å². The molecule has 0 saturated heterocycles. The number of nitrogens with one attached hydrogen (secondary N) is 1. The van der Waals surface area contributed by atoms with Crippen molar-refractivity contribution in [2.24, 2.45) is 0 Å². The summed E-state index contributed by atoms with van der Waals surface area (Å²) in [4.78, 5) is 11.9. The zero-order chi connectivity index (χ0) is 13.7. The van der Waals surface area contributed by atoms with Crippen LogP contribution in [0.5, 0.6) is 5.75 Å². The van der Waals surface area contributed by atoms with E-state index in [2.05, 4.69) is 5.32 Å². The van der Waals surface area contributed by atoms with Gasteiger partial charge in [0.15, 0.2) is 0 Å². The molecular weight excluding hydrogens is 240 g/mol. The van der Waals surface area contributed by atoms with Gasteiger partial charge in [0.05, 0.1) is 5.56 Å². The monoisotopic (exact) mass is 256 g/mol. The number of carbonyl (C=O) groups excluding carboxylic acids is 1. The minimum absolute atomic E-state index is 0.0300. The molecule has 0 aliphatic rings. The molecule has 2 rings (SSSR count). The Morgan fingerprint density at radius 2 is 1.89 bits per heavy atom. The normalized spacial score (nSPS) is 10.1. The average molecular weight is 256 g/mol. The van der Waals surface area contributed by atoms with Crippen molar-refractivity contribution in [2.75, 3.05) is 12.3 Å². The molecule has 0 spiro atoms. The Bertz CT molecular complexity index is 568. The second kappa shape index (κ2) is 5.91. The Hall–Kier alpha value is -2.49. The molecule has 0 fully saturated rings. The molecule has 0 atom stereocenters. The second-order valence-electron chi connectivity index (χ2n) is 4.26. The molecule has 0 aromatic heterocycles. The Kier molecular flexibility index (Phi) is 4.03. The van der Waals surface area contributed by atoms with Gasteiger partial charge in [0.25, 0.3) is 5.91 Å². The number of benzene rings is 2. The van der Waals surface area contributed by atoms with E-state index in [1.807, 2.05) is 30.3 Å². The molecular formula is C15H16N2O2. The van der Waals surface area contributed by atoms with Gasteiger partial charge in [-0.15, -0.1) is 0 Å². The smallest absolute Gasteiger partial charge is 0.253 e. The Morgan fingerprint density at radius 1 is 1.16 bits per heavy atom.